The fourth-order valence-electron chi connectivity index (χ4n) is 6.79. The van der Waals surface area contributed by atoms with Crippen LogP contribution in [0.25, 0.3) is 0 Å². The van der Waals surface area contributed by atoms with E-state index < -0.39 is 41.7 Å². The van der Waals surface area contributed by atoms with Crippen LogP contribution in [-0.2, 0) is 51.7 Å². The molecule has 0 spiro atoms. The third kappa shape index (κ3) is 11.7. The normalized spacial score (nSPS) is 15.6. The second-order valence-corrected chi connectivity index (χ2v) is 14.8. The summed E-state index contributed by atoms with van der Waals surface area (Å²) in [6, 6.07) is 43.3. The van der Waals surface area contributed by atoms with Crippen molar-refractivity contribution in [3.63, 3.8) is 0 Å². The quantitative estimate of drug-likeness (QED) is 0.0993. The van der Waals surface area contributed by atoms with Crippen LogP contribution in [0.1, 0.15) is 48.6 Å². The van der Waals surface area contributed by atoms with Crippen LogP contribution in [0.2, 0.25) is 0 Å². The molecule has 0 saturated carbocycles. The van der Waals surface area contributed by atoms with Gasteiger partial charge in [-0.2, -0.15) is 0 Å². The first-order valence-corrected chi connectivity index (χ1v) is 18.7. The van der Waals surface area contributed by atoms with Gasteiger partial charge in [0.15, 0.2) is 0 Å². The lowest BCUT2D eigenvalue weighted by Gasteiger charge is -2.45. The Labute approximate surface area is 323 Å². The summed E-state index contributed by atoms with van der Waals surface area (Å²) in [7, 11) is 0. The molecule has 1 heterocycles. The molecule has 5 aromatic rings. The number of cyclic esters (lactones) is 1. The molecular formula is C46H49FN2O6. The highest BCUT2D eigenvalue weighted by Gasteiger charge is 2.44. The second-order valence-electron chi connectivity index (χ2n) is 14.8. The van der Waals surface area contributed by atoms with Gasteiger partial charge in [0, 0.05) is 25.2 Å². The van der Waals surface area contributed by atoms with E-state index in [1.165, 1.54) is 17.0 Å². The molecule has 6 rings (SSSR count). The van der Waals surface area contributed by atoms with Crippen molar-refractivity contribution in [2.45, 2.75) is 77.3 Å². The average molecular weight is 745 g/mol. The van der Waals surface area contributed by atoms with E-state index in [4.69, 9.17) is 18.9 Å². The Balaban J connectivity index is 1.45. The highest BCUT2D eigenvalue weighted by molar-refractivity contribution is 5.79. The van der Waals surface area contributed by atoms with Gasteiger partial charge in [0.25, 0.3) is 0 Å². The Hall–Kier alpha value is -5.51. The molecule has 1 saturated heterocycles. The van der Waals surface area contributed by atoms with Crippen molar-refractivity contribution in [1.29, 1.82) is 0 Å². The summed E-state index contributed by atoms with van der Waals surface area (Å²) >= 11 is 0. The largest absolute Gasteiger partial charge is 0.489 e. The maximum Gasteiger partial charge on any atom is 0.411 e. The van der Waals surface area contributed by atoms with Crippen LogP contribution in [-0.4, -0.2) is 58.8 Å². The van der Waals surface area contributed by atoms with E-state index in [1.54, 1.807) is 20.8 Å². The number of esters is 1. The molecule has 1 amide bonds. The van der Waals surface area contributed by atoms with Gasteiger partial charge < -0.3 is 18.9 Å². The minimum atomic E-state index is -0.812. The summed E-state index contributed by atoms with van der Waals surface area (Å²) in [6.45, 7) is 6.48. The third-order valence-corrected chi connectivity index (χ3v) is 9.34. The first kappa shape index (κ1) is 39.2. The number of benzene rings is 5. The lowest BCUT2D eigenvalue weighted by atomic mass is 9.92. The van der Waals surface area contributed by atoms with Crippen molar-refractivity contribution in [3.05, 3.63) is 173 Å². The first-order valence-electron chi connectivity index (χ1n) is 18.7. The zero-order valence-electron chi connectivity index (χ0n) is 31.7. The minimum Gasteiger partial charge on any atom is -0.489 e. The van der Waals surface area contributed by atoms with Gasteiger partial charge in [0.1, 0.15) is 36.9 Å². The number of amides is 1. The zero-order valence-corrected chi connectivity index (χ0v) is 31.7. The van der Waals surface area contributed by atoms with Crippen molar-refractivity contribution in [3.8, 4) is 5.75 Å². The third-order valence-electron chi connectivity index (χ3n) is 9.34. The van der Waals surface area contributed by atoms with Gasteiger partial charge in [-0.15, -0.1) is 0 Å². The van der Waals surface area contributed by atoms with E-state index in [0.29, 0.717) is 30.8 Å². The standard InChI is InChI=1S/C46H49FN2O6/c1-46(2,3)55-45(51)49-30-43(50)53-33-42(49)44(54-32-37-22-14-7-15-23-37)41(48(28-34-16-8-4-9-17-34)29-35-18-10-5-11-19-35)26-38-24-39(47)27-40(25-38)52-31-36-20-12-6-13-21-36/h4-25,27,41-42,44H,26,28-33H2,1-3H3. The number of hydrogen-bond donors (Lipinski definition) is 0. The Morgan fingerprint density at radius 2 is 1.29 bits per heavy atom. The summed E-state index contributed by atoms with van der Waals surface area (Å²) in [6.07, 6.45) is -1.07. The average Bonchev–Trinajstić information content (AvgIpc) is 3.17. The van der Waals surface area contributed by atoms with E-state index in [-0.39, 0.29) is 26.4 Å². The summed E-state index contributed by atoms with van der Waals surface area (Å²) in [5.41, 5.74) is 3.90. The number of morpholine rings is 1. The lowest BCUT2D eigenvalue weighted by Crippen LogP contribution is -2.62. The van der Waals surface area contributed by atoms with Crippen molar-refractivity contribution < 1.29 is 32.9 Å². The van der Waals surface area contributed by atoms with Crippen LogP contribution in [0.3, 0.4) is 0 Å². The predicted molar refractivity (Wildman–Crippen MR) is 210 cm³/mol. The molecule has 0 radical (unpaired) electrons. The predicted octanol–water partition coefficient (Wildman–Crippen LogP) is 8.77. The number of hydrogen-bond acceptors (Lipinski definition) is 7. The molecule has 8 nitrogen and oxygen atoms in total. The summed E-state index contributed by atoms with van der Waals surface area (Å²) in [4.78, 5) is 30.5. The molecule has 9 heteroatoms. The molecule has 1 fully saturated rings. The van der Waals surface area contributed by atoms with Gasteiger partial charge >= 0.3 is 12.1 Å². The highest BCUT2D eigenvalue weighted by atomic mass is 19.1. The summed E-state index contributed by atoms with van der Waals surface area (Å²) in [5.74, 6) is -0.559. The van der Waals surface area contributed by atoms with Gasteiger partial charge in [0.2, 0.25) is 0 Å². The van der Waals surface area contributed by atoms with Crippen LogP contribution in [0.5, 0.6) is 5.75 Å². The summed E-state index contributed by atoms with van der Waals surface area (Å²) < 4.78 is 40.2. The number of carbonyl (C=O) groups excluding carboxylic acids is 2. The van der Waals surface area contributed by atoms with Gasteiger partial charge in [-0.05, 0) is 67.1 Å². The van der Waals surface area contributed by atoms with Gasteiger partial charge in [-0.25, -0.2) is 9.18 Å². The number of ether oxygens (including phenoxy) is 4. The van der Waals surface area contributed by atoms with Crippen molar-refractivity contribution in [2.75, 3.05) is 13.2 Å². The molecule has 3 unspecified atom stereocenters. The van der Waals surface area contributed by atoms with Crippen LogP contribution < -0.4 is 4.74 Å². The molecule has 3 atom stereocenters. The van der Waals surface area contributed by atoms with E-state index in [2.05, 4.69) is 29.2 Å². The van der Waals surface area contributed by atoms with Crippen LogP contribution in [0.15, 0.2) is 140 Å². The molecule has 0 N–H and O–H groups in total. The molecule has 55 heavy (non-hydrogen) atoms. The lowest BCUT2D eigenvalue weighted by molar-refractivity contribution is -0.163. The maximum atomic E-state index is 15.5. The Morgan fingerprint density at radius 3 is 1.84 bits per heavy atom. The SMILES string of the molecule is CC(C)(C)OC(=O)N1CC(=O)OCC1C(OCc1ccccc1)C(Cc1cc(F)cc(OCc2ccccc2)c1)N(Cc1ccccc1)Cc1ccccc1. The van der Waals surface area contributed by atoms with Crippen LogP contribution >= 0.6 is 0 Å². The summed E-state index contributed by atoms with van der Waals surface area (Å²) in [5, 5.41) is 0. The molecule has 0 aromatic heterocycles. The van der Waals surface area contributed by atoms with Gasteiger partial charge in [0.05, 0.1) is 18.8 Å². The van der Waals surface area contributed by atoms with Gasteiger partial charge in [-0.1, -0.05) is 121 Å². The fraction of sp³-hybridized carbons (Fsp3) is 0.304. The number of halogens is 1. The molecule has 5 aromatic carbocycles. The Kier molecular flexibility index (Phi) is 13.3. The van der Waals surface area contributed by atoms with Crippen molar-refractivity contribution in [2.24, 2.45) is 0 Å². The topological polar surface area (TPSA) is 77.5 Å². The van der Waals surface area contributed by atoms with E-state index in [1.807, 2.05) is 103 Å². The Bertz CT molecular complexity index is 1920. The van der Waals surface area contributed by atoms with Crippen molar-refractivity contribution in [1.82, 2.24) is 9.80 Å². The zero-order chi connectivity index (χ0) is 38.6. The highest BCUT2D eigenvalue weighted by Crippen LogP contribution is 2.30. The smallest absolute Gasteiger partial charge is 0.411 e. The molecule has 286 valence electrons. The molecule has 0 aliphatic carbocycles. The van der Waals surface area contributed by atoms with Crippen LogP contribution in [0.4, 0.5) is 9.18 Å². The van der Waals surface area contributed by atoms with Crippen LogP contribution in [0, 0.1) is 5.82 Å². The first-order chi connectivity index (χ1) is 26.6. The van der Waals surface area contributed by atoms with E-state index >= 15 is 4.39 Å². The number of nitrogens with zero attached hydrogens (tertiary/aromatic N) is 2. The van der Waals surface area contributed by atoms with E-state index in [0.717, 1.165) is 22.3 Å². The number of rotatable bonds is 15. The fourth-order valence-corrected chi connectivity index (χ4v) is 6.79. The molecule has 0 bridgehead atoms. The maximum absolute atomic E-state index is 15.5. The molecule has 1 aliphatic rings. The van der Waals surface area contributed by atoms with E-state index in [9.17, 15) is 9.59 Å². The number of carbonyl (C=O) groups is 2. The second kappa shape index (κ2) is 18.7. The Morgan fingerprint density at radius 1 is 0.764 bits per heavy atom. The van der Waals surface area contributed by atoms with Gasteiger partial charge in [-0.3, -0.25) is 14.6 Å². The molecule has 1 aliphatic heterocycles. The molecular weight excluding hydrogens is 696 g/mol. The van der Waals surface area contributed by atoms with Crippen molar-refractivity contribution >= 4 is 12.1 Å². The minimum absolute atomic E-state index is 0.104. The monoisotopic (exact) mass is 744 g/mol.